The number of halogens is 1. The van der Waals surface area contributed by atoms with Gasteiger partial charge in [0.2, 0.25) is 0 Å². The third-order valence-electron chi connectivity index (χ3n) is 3.51. The molecular formula is C16H16BrN3O4. The van der Waals surface area contributed by atoms with Crippen LogP contribution in [0.25, 0.3) is 11.1 Å². The summed E-state index contributed by atoms with van der Waals surface area (Å²) in [5.74, 6) is 0. The van der Waals surface area contributed by atoms with E-state index in [1.807, 2.05) is 0 Å². The molecule has 0 saturated carbocycles. The van der Waals surface area contributed by atoms with E-state index in [-0.39, 0.29) is 11.4 Å². The minimum Gasteiger partial charge on any atom is -0.384 e. The lowest BCUT2D eigenvalue weighted by Gasteiger charge is -2.13. The van der Waals surface area contributed by atoms with Crippen LogP contribution in [-0.4, -0.2) is 16.4 Å². The smallest absolute Gasteiger partial charge is 0.271 e. The third-order valence-corrected chi connectivity index (χ3v) is 4.17. The summed E-state index contributed by atoms with van der Waals surface area (Å²) in [5, 5.41) is 25.1. The van der Waals surface area contributed by atoms with Gasteiger partial charge in [-0.2, -0.15) is 0 Å². The fraction of sp³-hybridized carbons (Fsp3) is 0.250. The van der Waals surface area contributed by atoms with Crippen molar-refractivity contribution in [2.75, 3.05) is 11.9 Å². The first-order valence-electron chi connectivity index (χ1n) is 7.40. The molecule has 2 aromatic carbocycles. The fourth-order valence-electron chi connectivity index (χ4n) is 2.26. The van der Waals surface area contributed by atoms with E-state index in [2.05, 4.69) is 28.2 Å². The number of unbranched alkanes of at least 4 members (excludes halogenated alkanes) is 1. The molecule has 0 fully saturated rings. The SMILES string of the molecule is CCCCNc1cc([N+](=O)[O-])ccc1-c1ccc([N+](=O)[O-])cc1Br. The Morgan fingerprint density at radius 2 is 1.58 bits per heavy atom. The molecule has 0 heterocycles. The van der Waals surface area contributed by atoms with Crippen molar-refractivity contribution in [2.45, 2.75) is 19.8 Å². The van der Waals surface area contributed by atoms with Gasteiger partial charge in [-0.1, -0.05) is 13.3 Å². The van der Waals surface area contributed by atoms with Gasteiger partial charge in [0, 0.05) is 46.5 Å². The minimum atomic E-state index is -0.467. The highest BCUT2D eigenvalue weighted by Gasteiger charge is 2.16. The molecule has 7 nitrogen and oxygen atoms in total. The van der Waals surface area contributed by atoms with Crippen molar-refractivity contribution in [1.29, 1.82) is 0 Å². The molecule has 0 aliphatic carbocycles. The summed E-state index contributed by atoms with van der Waals surface area (Å²) < 4.78 is 0.559. The van der Waals surface area contributed by atoms with Crippen molar-refractivity contribution in [3.05, 3.63) is 61.1 Å². The van der Waals surface area contributed by atoms with Crippen LogP contribution in [0.15, 0.2) is 40.9 Å². The molecule has 0 radical (unpaired) electrons. The molecule has 2 aromatic rings. The lowest BCUT2D eigenvalue weighted by molar-refractivity contribution is -0.385. The second-order valence-electron chi connectivity index (χ2n) is 5.19. The van der Waals surface area contributed by atoms with Crippen LogP contribution in [0.1, 0.15) is 19.8 Å². The maximum absolute atomic E-state index is 11.0. The zero-order valence-corrected chi connectivity index (χ0v) is 14.6. The Labute approximate surface area is 147 Å². The topological polar surface area (TPSA) is 98.3 Å². The first-order chi connectivity index (χ1) is 11.4. The lowest BCUT2D eigenvalue weighted by Crippen LogP contribution is -2.03. The molecule has 0 bridgehead atoms. The van der Waals surface area contributed by atoms with Crippen LogP contribution in [0.3, 0.4) is 0 Å². The highest BCUT2D eigenvalue weighted by Crippen LogP contribution is 2.37. The number of hydrogen-bond acceptors (Lipinski definition) is 5. The molecule has 0 aliphatic rings. The summed E-state index contributed by atoms with van der Waals surface area (Å²) in [7, 11) is 0. The molecule has 1 N–H and O–H groups in total. The van der Waals surface area contributed by atoms with Crippen LogP contribution in [0.5, 0.6) is 0 Å². The molecule has 0 aliphatic heterocycles. The van der Waals surface area contributed by atoms with Gasteiger partial charge in [0.15, 0.2) is 0 Å². The van der Waals surface area contributed by atoms with E-state index in [4.69, 9.17) is 0 Å². The van der Waals surface area contributed by atoms with E-state index in [0.29, 0.717) is 16.7 Å². The number of anilines is 1. The monoisotopic (exact) mass is 393 g/mol. The van der Waals surface area contributed by atoms with Crippen LogP contribution >= 0.6 is 15.9 Å². The molecule has 0 spiro atoms. The zero-order valence-electron chi connectivity index (χ0n) is 13.0. The van der Waals surface area contributed by atoms with Crippen molar-refractivity contribution in [1.82, 2.24) is 0 Å². The maximum Gasteiger partial charge on any atom is 0.271 e. The summed E-state index contributed by atoms with van der Waals surface area (Å²) >= 11 is 3.35. The summed E-state index contributed by atoms with van der Waals surface area (Å²) in [5.41, 5.74) is 2.09. The van der Waals surface area contributed by atoms with Crippen LogP contribution < -0.4 is 5.32 Å². The Hall–Kier alpha value is -2.48. The summed E-state index contributed by atoms with van der Waals surface area (Å²) in [6.07, 6.45) is 1.93. The Kier molecular flexibility index (Phi) is 5.86. The van der Waals surface area contributed by atoms with Gasteiger partial charge in [-0.25, -0.2) is 0 Å². The average Bonchev–Trinajstić information content (AvgIpc) is 2.55. The number of nitrogens with one attached hydrogen (secondary N) is 1. The van der Waals surface area contributed by atoms with Gasteiger partial charge < -0.3 is 5.32 Å². The number of hydrogen-bond donors (Lipinski definition) is 1. The Balaban J connectivity index is 2.48. The Bertz CT molecular complexity index is 780. The van der Waals surface area contributed by atoms with E-state index in [9.17, 15) is 20.2 Å². The van der Waals surface area contributed by atoms with Crippen LogP contribution in [0.4, 0.5) is 17.1 Å². The Morgan fingerprint density at radius 3 is 2.12 bits per heavy atom. The van der Waals surface area contributed by atoms with Gasteiger partial charge in [-0.3, -0.25) is 20.2 Å². The number of nitro groups is 2. The molecule has 0 amide bonds. The van der Waals surface area contributed by atoms with Crippen LogP contribution in [0.2, 0.25) is 0 Å². The Morgan fingerprint density at radius 1 is 1.00 bits per heavy atom. The maximum atomic E-state index is 11.0. The molecule has 0 saturated heterocycles. The molecule has 2 rings (SSSR count). The molecule has 24 heavy (non-hydrogen) atoms. The van der Waals surface area contributed by atoms with Gasteiger partial charge in [0.25, 0.3) is 11.4 Å². The predicted octanol–water partition coefficient (Wildman–Crippen LogP) is 5.14. The lowest BCUT2D eigenvalue weighted by atomic mass is 10.0. The van der Waals surface area contributed by atoms with Crippen molar-refractivity contribution < 1.29 is 9.85 Å². The normalized spacial score (nSPS) is 10.4. The summed E-state index contributed by atoms with van der Waals surface area (Å²) in [4.78, 5) is 21.0. The van der Waals surface area contributed by atoms with Gasteiger partial charge in [0.1, 0.15) is 0 Å². The number of nitrogens with zero attached hydrogens (tertiary/aromatic N) is 2. The summed E-state index contributed by atoms with van der Waals surface area (Å²) in [6.45, 7) is 2.75. The number of nitro benzene ring substituents is 2. The molecule has 8 heteroatoms. The molecular weight excluding hydrogens is 378 g/mol. The molecule has 0 unspecified atom stereocenters. The fourth-order valence-corrected chi connectivity index (χ4v) is 2.84. The van der Waals surface area contributed by atoms with Crippen molar-refractivity contribution >= 4 is 33.0 Å². The van der Waals surface area contributed by atoms with Gasteiger partial charge in [-0.15, -0.1) is 0 Å². The second kappa shape index (κ2) is 7.87. The average molecular weight is 394 g/mol. The highest BCUT2D eigenvalue weighted by molar-refractivity contribution is 9.10. The van der Waals surface area contributed by atoms with Crippen LogP contribution in [0, 0.1) is 20.2 Å². The van der Waals surface area contributed by atoms with Crippen molar-refractivity contribution in [3.8, 4) is 11.1 Å². The molecule has 126 valence electrons. The van der Waals surface area contributed by atoms with E-state index < -0.39 is 9.85 Å². The number of non-ortho nitro benzene ring substituents is 2. The van der Waals surface area contributed by atoms with Crippen molar-refractivity contribution in [3.63, 3.8) is 0 Å². The standard InChI is InChI=1S/C16H16BrN3O4/c1-2-3-8-18-16-10-12(20(23)24)5-7-14(16)13-6-4-11(19(21)22)9-15(13)17/h4-7,9-10,18H,2-3,8H2,1H3. The first-order valence-corrected chi connectivity index (χ1v) is 8.20. The van der Waals surface area contributed by atoms with E-state index in [1.54, 1.807) is 12.1 Å². The number of rotatable bonds is 7. The number of benzene rings is 2. The van der Waals surface area contributed by atoms with E-state index in [0.717, 1.165) is 24.0 Å². The largest absolute Gasteiger partial charge is 0.384 e. The molecule has 0 atom stereocenters. The first kappa shape index (κ1) is 17.9. The predicted molar refractivity (Wildman–Crippen MR) is 96.3 cm³/mol. The van der Waals surface area contributed by atoms with Gasteiger partial charge >= 0.3 is 0 Å². The van der Waals surface area contributed by atoms with Crippen molar-refractivity contribution in [2.24, 2.45) is 0 Å². The quantitative estimate of drug-likeness (QED) is 0.398. The van der Waals surface area contributed by atoms with Gasteiger partial charge in [-0.05, 0) is 40.0 Å². The minimum absolute atomic E-state index is 0.00391. The second-order valence-corrected chi connectivity index (χ2v) is 6.04. The van der Waals surface area contributed by atoms with Gasteiger partial charge in [0.05, 0.1) is 9.85 Å². The highest BCUT2D eigenvalue weighted by atomic mass is 79.9. The summed E-state index contributed by atoms with van der Waals surface area (Å²) in [6, 6.07) is 9.03. The van der Waals surface area contributed by atoms with E-state index in [1.165, 1.54) is 24.3 Å². The third kappa shape index (κ3) is 4.08. The zero-order chi connectivity index (χ0) is 17.7. The van der Waals surface area contributed by atoms with Crippen LogP contribution in [-0.2, 0) is 0 Å². The molecule has 0 aromatic heterocycles. The van der Waals surface area contributed by atoms with E-state index >= 15 is 0 Å².